The van der Waals surface area contributed by atoms with Crippen LogP contribution in [0.25, 0.3) is 0 Å². The molecule has 8 heteroatoms. The van der Waals surface area contributed by atoms with Gasteiger partial charge in [0.25, 0.3) is 0 Å². The summed E-state index contributed by atoms with van der Waals surface area (Å²) in [6, 6.07) is 5.74. The highest BCUT2D eigenvalue weighted by molar-refractivity contribution is 7.89. The molecule has 1 aliphatic rings. The van der Waals surface area contributed by atoms with Crippen LogP contribution in [0.4, 0.5) is 0 Å². The second kappa shape index (κ2) is 7.29. The van der Waals surface area contributed by atoms with Gasteiger partial charge in [0, 0.05) is 26.2 Å². The van der Waals surface area contributed by atoms with E-state index >= 15 is 0 Å². The van der Waals surface area contributed by atoms with E-state index in [1.165, 1.54) is 23.5 Å². The fraction of sp³-hybridized carbons (Fsp3) is 0.533. The molecule has 0 saturated carbocycles. The first kappa shape index (κ1) is 17.7. The number of hydrogen-bond donors (Lipinski definition) is 1. The summed E-state index contributed by atoms with van der Waals surface area (Å²) in [6.07, 6.45) is 0.591. The van der Waals surface area contributed by atoms with Gasteiger partial charge >= 0.3 is 0 Å². The number of sulfonamides is 1. The van der Waals surface area contributed by atoms with Gasteiger partial charge in [0.1, 0.15) is 5.75 Å². The third-order valence-corrected chi connectivity index (χ3v) is 5.77. The summed E-state index contributed by atoms with van der Waals surface area (Å²) in [4.78, 5) is 13.8. The van der Waals surface area contributed by atoms with Crippen molar-refractivity contribution in [1.29, 1.82) is 0 Å². The zero-order valence-electron chi connectivity index (χ0n) is 13.4. The van der Waals surface area contributed by atoms with E-state index in [9.17, 15) is 13.2 Å². The minimum absolute atomic E-state index is 0.145. The molecule has 0 radical (unpaired) electrons. The molecule has 1 aromatic rings. The van der Waals surface area contributed by atoms with Crippen LogP contribution in [0.2, 0.25) is 0 Å². The highest BCUT2D eigenvalue weighted by atomic mass is 32.2. The number of hydrogen-bond acceptors (Lipinski definition) is 5. The molecular weight excluding hydrogens is 318 g/mol. The molecule has 0 aromatic heterocycles. The Morgan fingerprint density at radius 3 is 2.39 bits per heavy atom. The second-order valence-electron chi connectivity index (χ2n) is 5.55. The van der Waals surface area contributed by atoms with Crippen molar-refractivity contribution in [2.24, 2.45) is 5.73 Å². The Hall–Kier alpha value is -1.64. The van der Waals surface area contributed by atoms with E-state index < -0.39 is 16.1 Å². The van der Waals surface area contributed by atoms with Crippen LogP contribution in [-0.4, -0.2) is 62.9 Å². The molecule has 1 heterocycles. The summed E-state index contributed by atoms with van der Waals surface area (Å²) in [7, 11) is -2.04. The maximum Gasteiger partial charge on any atom is 0.243 e. The van der Waals surface area contributed by atoms with Crippen LogP contribution >= 0.6 is 0 Å². The molecule has 1 saturated heterocycles. The number of carbonyl (C=O) groups is 1. The van der Waals surface area contributed by atoms with Gasteiger partial charge in [0.15, 0.2) is 0 Å². The third-order valence-electron chi connectivity index (χ3n) is 3.85. The predicted molar refractivity (Wildman–Crippen MR) is 86.6 cm³/mol. The van der Waals surface area contributed by atoms with Gasteiger partial charge in [-0.1, -0.05) is 0 Å². The zero-order chi connectivity index (χ0) is 17.0. The minimum atomic E-state index is -3.57. The van der Waals surface area contributed by atoms with Crippen LogP contribution < -0.4 is 10.5 Å². The van der Waals surface area contributed by atoms with Crippen molar-refractivity contribution in [2.75, 3.05) is 33.3 Å². The van der Waals surface area contributed by atoms with Crippen LogP contribution in [0.15, 0.2) is 29.2 Å². The molecule has 1 unspecified atom stereocenters. The van der Waals surface area contributed by atoms with E-state index in [1.807, 2.05) is 0 Å². The van der Waals surface area contributed by atoms with E-state index in [0.717, 1.165) is 0 Å². The molecule has 2 rings (SSSR count). The van der Waals surface area contributed by atoms with Gasteiger partial charge in [0.05, 0.1) is 18.0 Å². The van der Waals surface area contributed by atoms with E-state index in [4.69, 9.17) is 10.5 Å². The number of methoxy groups -OCH3 is 1. The number of rotatable bonds is 4. The van der Waals surface area contributed by atoms with Crippen molar-refractivity contribution in [3.05, 3.63) is 24.3 Å². The van der Waals surface area contributed by atoms with Crippen molar-refractivity contribution < 1.29 is 17.9 Å². The molecule has 1 aromatic carbocycles. The molecule has 128 valence electrons. The summed E-state index contributed by atoms with van der Waals surface area (Å²) in [5.41, 5.74) is 5.62. The van der Waals surface area contributed by atoms with Gasteiger partial charge < -0.3 is 15.4 Å². The molecular formula is C15H23N3O4S. The maximum atomic E-state index is 12.7. The highest BCUT2D eigenvalue weighted by Gasteiger charge is 2.28. The molecule has 0 spiro atoms. The topological polar surface area (TPSA) is 92.9 Å². The van der Waals surface area contributed by atoms with Gasteiger partial charge in [-0.2, -0.15) is 4.31 Å². The summed E-state index contributed by atoms with van der Waals surface area (Å²) in [5, 5.41) is 0. The lowest BCUT2D eigenvalue weighted by molar-refractivity contribution is -0.132. The quantitative estimate of drug-likeness (QED) is 0.848. The molecule has 7 nitrogen and oxygen atoms in total. The average molecular weight is 341 g/mol. The average Bonchev–Trinajstić information content (AvgIpc) is 2.80. The van der Waals surface area contributed by atoms with Gasteiger partial charge in [-0.25, -0.2) is 8.42 Å². The molecule has 1 atom stereocenters. The van der Waals surface area contributed by atoms with Crippen molar-refractivity contribution in [3.8, 4) is 5.75 Å². The Labute approximate surface area is 137 Å². The second-order valence-corrected chi connectivity index (χ2v) is 7.49. The number of carbonyl (C=O) groups excluding carboxylic acids is 1. The lowest BCUT2D eigenvalue weighted by Gasteiger charge is -2.23. The summed E-state index contributed by atoms with van der Waals surface area (Å²) in [5.74, 6) is 0.460. The van der Waals surface area contributed by atoms with Crippen LogP contribution in [-0.2, 0) is 14.8 Å². The number of nitrogens with two attached hydrogens (primary N) is 1. The van der Waals surface area contributed by atoms with Crippen molar-refractivity contribution in [1.82, 2.24) is 9.21 Å². The Bertz CT molecular complexity index is 643. The molecule has 1 amide bonds. The maximum absolute atomic E-state index is 12.7. The SMILES string of the molecule is COc1ccc(S(=O)(=O)N2CCCN(C(=O)C(C)N)CC2)cc1. The molecule has 1 fully saturated rings. The number of amides is 1. The summed E-state index contributed by atoms with van der Waals surface area (Å²) < 4.78 is 31.9. The standard InChI is InChI=1S/C15H23N3O4S/c1-12(16)15(19)17-8-3-9-18(11-10-17)23(20,21)14-6-4-13(22-2)5-7-14/h4-7,12H,3,8-11,16H2,1-2H3. The molecule has 2 N–H and O–H groups in total. The van der Waals surface area contributed by atoms with Crippen molar-refractivity contribution >= 4 is 15.9 Å². The van der Waals surface area contributed by atoms with Crippen LogP contribution in [0.3, 0.4) is 0 Å². The largest absolute Gasteiger partial charge is 0.497 e. The summed E-state index contributed by atoms with van der Waals surface area (Å²) >= 11 is 0. The lowest BCUT2D eigenvalue weighted by atomic mass is 10.3. The van der Waals surface area contributed by atoms with Gasteiger partial charge in [-0.15, -0.1) is 0 Å². The highest BCUT2D eigenvalue weighted by Crippen LogP contribution is 2.20. The smallest absolute Gasteiger partial charge is 0.243 e. The molecule has 23 heavy (non-hydrogen) atoms. The van der Waals surface area contributed by atoms with Crippen LogP contribution in [0, 0.1) is 0 Å². The fourth-order valence-corrected chi connectivity index (χ4v) is 4.01. The fourth-order valence-electron chi connectivity index (χ4n) is 2.54. The van der Waals surface area contributed by atoms with Crippen molar-refractivity contribution in [2.45, 2.75) is 24.3 Å². The number of nitrogens with zero attached hydrogens (tertiary/aromatic N) is 2. The van der Waals surface area contributed by atoms with Gasteiger partial charge in [-0.05, 0) is 37.6 Å². The van der Waals surface area contributed by atoms with E-state index in [0.29, 0.717) is 31.8 Å². The third kappa shape index (κ3) is 4.01. The van der Waals surface area contributed by atoms with Crippen LogP contribution in [0.5, 0.6) is 5.75 Å². The Morgan fingerprint density at radius 2 is 1.83 bits per heavy atom. The first-order valence-corrected chi connectivity index (χ1v) is 8.99. The predicted octanol–water partition coefficient (Wildman–Crippen LogP) is 0.265. The Kier molecular flexibility index (Phi) is 5.61. The molecule has 0 aliphatic carbocycles. The van der Waals surface area contributed by atoms with Crippen LogP contribution in [0.1, 0.15) is 13.3 Å². The number of benzene rings is 1. The first-order chi connectivity index (χ1) is 10.9. The normalized spacial score (nSPS) is 18.3. The van der Waals surface area contributed by atoms with E-state index in [1.54, 1.807) is 24.0 Å². The molecule has 1 aliphatic heterocycles. The number of ether oxygens (including phenoxy) is 1. The Balaban J connectivity index is 2.12. The summed E-state index contributed by atoms with van der Waals surface area (Å²) in [6.45, 7) is 3.17. The van der Waals surface area contributed by atoms with E-state index in [-0.39, 0.29) is 17.3 Å². The Morgan fingerprint density at radius 1 is 1.17 bits per heavy atom. The zero-order valence-corrected chi connectivity index (χ0v) is 14.3. The van der Waals surface area contributed by atoms with Gasteiger partial charge in [0.2, 0.25) is 15.9 Å². The van der Waals surface area contributed by atoms with Crippen molar-refractivity contribution in [3.63, 3.8) is 0 Å². The molecule has 0 bridgehead atoms. The van der Waals surface area contributed by atoms with E-state index in [2.05, 4.69) is 0 Å². The lowest BCUT2D eigenvalue weighted by Crippen LogP contribution is -2.44. The first-order valence-electron chi connectivity index (χ1n) is 7.55. The van der Waals surface area contributed by atoms with Gasteiger partial charge in [-0.3, -0.25) is 4.79 Å². The monoisotopic (exact) mass is 341 g/mol. The minimum Gasteiger partial charge on any atom is -0.497 e.